The maximum Gasteiger partial charge on any atom is 0.227 e. The molecule has 0 unspecified atom stereocenters. The van der Waals surface area contributed by atoms with Gasteiger partial charge in [0.2, 0.25) is 11.8 Å². The highest BCUT2D eigenvalue weighted by Crippen LogP contribution is 2.29. The highest BCUT2D eigenvalue weighted by atomic mass is 19.1. The topological polar surface area (TPSA) is 61.4 Å². The zero-order valence-corrected chi connectivity index (χ0v) is 14.3. The minimum atomic E-state index is -0.325. The molecule has 24 heavy (non-hydrogen) atoms. The van der Waals surface area contributed by atoms with Gasteiger partial charge in [-0.05, 0) is 64.0 Å². The number of anilines is 1. The van der Waals surface area contributed by atoms with Crippen LogP contribution in [0.1, 0.15) is 25.7 Å². The lowest BCUT2D eigenvalue weighted by molar-refractivity contribution is -0.128. The van der Waals surface area contributed by atoms with Crippen LogP contribution in [-0.2, 0) is 9.59 Å². The number of rotatable bonds is 6. The zero-order valence-electron chi connectivity index (χ0n) is 14.3. The average Bonchev–Trinajstić information content (AvgIpc) is 2.56. The fraction of sp³-hybridized carbons (Fsp3) is 0.556. The van der Waals surface area contributed by atoms with E-state index in [1.54, 1.807) is 12.1 Å². The van der Waals surface area contributed by atoms with Gasteiger partial charge in [0.1, 0.15) is 5.82 Å². The van der Waals surface area contributed by atoms with Crippen LogP contribution in [0.15, 0.2) is 24.3 Å². The molecule has 6 heteroatoms. The van der Waals surface area contributed by atoms with Gasteiger partial charge in [-0.25, -0.2) is 4.39 Å². The third-order valence-corrected chi connectivity index (χ3v) is 4.44. The fourth-order valence-electron chi connectivity index (χ4n) is 2.94. The van der Waals surface area contributed by atoms with Crippen molar-refractivity contribution >= 4 is 17.5 Å². The van der Waals surface area contributed by atoms with Crippen LogP contribution in [0.5, 0.6) is 0 Å². The number of likely N-dealkylation sites (N-methyl/N-ethyl adjacent to an activating group) is 1. The van der Waals surface area contributed by atoms with Gasteiger partial charge in [0.15, 0.2) is 0 Å². The van der Waals surface area contributed by atoms with Crippen molar-refractivity contribution in [3.05, 3.63) is 30.1 Å². The van der Waals surface area contributed by atoms with E-state index in [9.17, 15) is 14.0 Å². The number of nitrogens with zero attached hydrogens (tertiary/aromatic N) is 1. The number of hydrogen-bond donors (Lipinski definition) is 2. The van der Waals surface area contributed by atoms with Gasteiger partial charge in [-0.1, -0.05) is 0 Å². The van der Waals surface area contributed by atoms with E-state index < -0.39 is 0 Å². The van der Waals surface area contributed by atoms with Crippen LogP contribution in [0.2, 0.25) is 0 Å². The maximum atomic E-state index is 12.9. The molecule has 0 atom stereocenters. The van der Waals surface area contributed by atoms with E-state index in [0.29, 0.717) is 25.1 Å². The Morgan fingerprint density at radius 3 is 2.12 bits per heavy atom. The molecule has 5 nitrogen and oxygen atoms in total. The Labute approximate surface area is 142 Å². The Morgan fingerprint density at radius 2 is 1.58 bits per heavy atom. The Morgan fingerprint density at radius 1 is 1.04 bits per heavy atom. The quantitative estimate of drug-likeness (QED) is 0.838. The summed E-state index contributed by atoms with van der Waals surface area (Å²) in [6, 6.07) is 5.75. The first-order valence-electron chi connectivity index (χ1n) is 8.44. The van der Waals surface area contributed by atoms with E-state index >= 15 is 0 Å². The molecule has 1 fully saturated rings. The molecule has 0 bridgehead atoms. The third-order valence-electron chi connectivity index (χ3n) is 4.44. The Balaban J connectivity index is 1.74. The van der Waals surface area contributed by atoms with Crippen LogP contribution in [0.3, 0.4) is 0 Å². The van der Waals surface area contributed by atoms with Crippen molar-refractivity contribution in [1.29, 1.82) is 0 Å². The summed E-state index contributed by atoms with van der Waals surface area (Å²) < 4.78 is 12.9. The molecule has 0 heterocycles. The molecular formula is C18H26FN3O2. The van der Waals surface area contributed by atoms with E-state index in [-0.39, 0.29) is 29.5 Å². The van der Waals surface area contributed by atoms with Crippen LogP contribution >= 0.6 is 0 Å². The smallest absolute Gasteiger partial charge is 0.227 e. The summed E-state index contributed by atoms with van der Waals surface area (Å²) in [6.45, 7) is 1.47. The third kappa shape index (κ3) is 5.60. The van der Waals surface area contributed by atoms with Crippen LogP contribution in [-0.4, -0.2) is 43.9 Å². The highest BCUT2D eigenvalue weighted by Gasteiger charge is 2.29. The first kappa shape index (κ1) is 18.4. The number of benzene rings is 1. The van der Waals surface area contributed by atoms with Gasteiger partial charge < -0.3 is 15.5 Å². The molecular weight excluding hydrogens is 309 g/mol. The molecule has 0 saturated heterocycles. The summed E-state index contributed by atoms with van der Waals surface area (Å²) in [6.07, 6.45) is 2.88. The minimum absolute atomic E-state index is 0.00188. The van der Waals surface area contributed by atoms with Crippen LogP contribution in [0.25, 0.3) is 0 Å². The number of amides is 2. The van der Waals surface area contributed by atoms with E-state index in [0.717, 1.165) is 19.4 Å². The second-order valence-electron chi connectivity index (χ2n) is 6.64. The molecule has 132 valence electrons. The van der Waals surface area contributed by atoms with Crippen molar-refractivity contribution < 1.29 is 14.0 Å². The summed E-state index contributed by atoms with van der Waals surface area (Å²) in [7, 11) is 3.94. The van der Waals surface area contributed by atoms with Gasteiger partial charge in [-0.3, -0.25) is 9.59 Å². The minimum Gasteiger partial charge on any atom is -0.355 e. The van der Waals surface area contributed by atoms with Crippen LogP contribution in [0, 0.1) is 17.7 Å². The molecule has 0 aromatic heterocycles. The Hall–Kier alpha value is -1.95. The van der Waals surface area contributed by atoms with Crippen molar-refractivity contribution in [2.45, 2.75) is 25.7 Å². The summed E-state index contributed by atoms with van der Waals surface area (Å²) in [4.78, 5) is 26.4. The molecule has 1 saturated carbocycles. The van der Waals surface area contributed by atoms with Crippen LogP contribution < -0.4 is 10.6 Å². The first-order valence-corrected chi connectivity index (χ1v) is 8.44. The van der Waals surface area contributed by atoms with E-state index in [1.807, 2.05) is 19.0 Å². The number of nitrogens with one attached hydrogen (secondary N) is 2. The SMILES string of the molecule is CN(C)CCNC(=O)C1CCC(C(=O)Nc2ccc(F)cc2)CC1. The predicted molar refractivity (Wildman–Crippen MR) is 92.0 cm³/mol. The maximum absolute atomic E-state index is 12.9. The van der Waals surface area contributed by atoms with Gasteiger partial charge in [0.05, 0.1) is 0 Å². The predicted octanol–water partition coefficient (Wildman–Crippen LogP) is 2.25. The van der Waals surface area contributed by atoms with E-state index in [4.69, 9.17) is 0 Å². The molecule has 2 amide bonds. The highest BCUT2D eigenvalue weighted by molar-refractivity contribution is 5.92. The average molecular weight is 335 g/mol. The standard InChI is InChI=1S/C18H26FN3O2/c1-22(2)12-11-20-17(23)13-3-5-14(6-4-13)18(24)21-16-9-7-15(19)8-10-16/h7-10,13-14H,3-6,11-12H2,1-2H3,(H,20,23)(H,21,24). The second kappa shape index (κ2) is 8.78. The number of hydrogen-bond acceptors (Lipinski definition) is 3. The summed E-state index contributed by atoms with van der Waals surface area (Å²) >= 11 is 0. The van der Waals surface area contributed by atoms with Gasteiger partial charge in [-0.2, -0.15) is 0 Å². The molecule has 0 aliphatic heterocycles. The molecule has 0 spiro atoms. The van der Waals surface area contributed by atoms with E-state index in [1.165, 1.54) is 12.1 Å². The van der Waals surface area contributed by atoms with Crippen molar-refractivity contribution in [3.63, 3.8) is 0 Å². The number of carbonyl (C=O) groups excluding carboxylic acids is 2. The van der Waals surface area contributed by atoms with Crippen molar-refractivity contribution in [2.75, 3.05) is 32.5 Å². The van der Waals surface area contributed by atoms with Gasteiger partial charge in [0, 0.05) is 30.6 Å². The van der Waals surface area contributed by atoms with Gasteiger partial charge >= 0.3 is 0 Å². The molecule has 1 aromatic carbocycles. The summed E-state index contributed by atoms with van der Waals surface area (Å²) in [5, 5.41) is 5.77. The van der Waals surface area contributed by atoms with E-state index in [2.05, 4.69) is 10.6 Å². The van der Waals surface area contributed by atoms with Crippen LogP contribution in [0.4, 0.5) is 10.1 Å². The summed E-state index contributed by atoms with van der Waals surface area (Å²) in [5.41, 5.74) is 0.602. The molecule has 2 N–H and O–H groups in total. The summed E-state index contributed by atoms with van der Waals surface area (Å²) in [5.74, 6) is -0.362. The van der Waals surface area contributed by atoms with Crippen molar-refractivity contribution in [2.24, 2.45) is 11.8 Å². The first-order chi connectivity index (χ1) is 11.5. The molecule has 1 aliphatic rings. The normalized spacial score (nSPS) is 20.7. The molecule has 2 rings (SSSR count). The molecule has 0 radical (unpaired) electrons. The zero-order chi connectivity index (χ0) is 17.5. The fourth-order valence-corrected chi connectivity index (χ4v) is 2.94. The lowest BCUT2D eigenvalue weighted by atomic mass is 9.81. The monoisotopic (exact) mass is 335 g/mol. The number of halogens is 1. The molecule has 1 aromatic rings. The lowest BCUT2D eigenvalue weighted by Gasteiger charge is -2.27. The lowest BCUT2D eigenvalue weighted by Crippen LogP contribution is -2.38. The second-order valence-corrected chi connectivity index (χ2v) is 6.64. The van der Waals surface area contributed by atoms with Crippen molar-refractivity contribution in [3.8, 4) is 0 Å². The van der Waals surface area contributed by atoms with Crippen molar-refractivity contribution in [1.82, 2.24) is 10.2 Å². The largest absolute Gasteiger partial charge is 0.355 e. The number of carbonyl (C=O) groups is 2. The van der Waals surface area contributed by atoms with Gasteiger partial charge in [0.25, 0.3) is 0 Å². The Bertz CT molecular complexity index is 552. The molecule has 1 aliphatic carbocycles. The Kier molecular flexibility index (Phi) is 6.73. The van der Waals surface area contributed by atoms with Gasteiger partial charge in [-0.15, -0.1) is 0 Å².